The molecule has 19 heavy (non-hydrogen) atoms. The first-order chi connectivity index (χ1) is 8.60. The lowest BCUT2D eigenvalue weighted by atomic mass is 10.3. The van der Waals surface area contributed by atoms with Gasteiger partial charge in [-0.05, 0) is 6.07 Å². The Balaban J connectivity index is 3.00. The highest BCUT2D eigenvalue weighted by atomic mass is 35.5. The Labute approximate surface area is 111 Å². The number of nitrogens with zero attached hydrogens (tertiary/aromatic N) is 2. The summed E-state index contributed by atoms with van der Waals surface area (Å²) in [7, 11) is 1.42. The van der Waals surface area contributed by atoms with Crippen LogP contribution in [0.3, 0.4) is 0 Å². The van der Waals surface area contributed by atoms with Crippen molar-refractivity contribution < 1.29 is 27.9 Å². The maximum atomic E-state index is 12.3. The topological polar surface area (TPSA) is 62.5 Å². The molecule has 0 saturated heterocycles. The zero-order valence-corrected chi connectivity index (χ0v) is 10.5. The third-order valence-electron chi connectivity index (χ3n) is 2.17. The van der Waals surface area contributed by atoms with E-state index >= 15 is 0 Å². The molecule has 1 rings (SSSR count). The number of carboxylic acids is 1. The van der Waals surface area contributed by atoms with Crippen LogP contribution in [0.1, 0.15) is 10.5 Å². The first kappa shape index (κ1) is 15.4. The van der Waals surface area contributed by atoms with Gasteiger partial charge >= 0.3 is 12.1 Å². The van der Waals surface area contributed by atoms with Crippen molar-refractivity contribution in [2.45, 2.75) is 6.18 Å². The first-order valence-corrected chi connectivity index (χ1v) is 5.37. The fourth-order valence-corrected chi connectivity index (χ4v) is 1.73. The zero-order chi connectivity index (χ0) is 14.8. The Kier molecular flexibility index (Phi) is 4.46. The van der Waals surface area contributed by atoms with Crippen LogP contribution in [-0.2, 0) is 11.8 Å². The molecule has 1 heterocycles. The van der Waals surface area contributed by atoms with Crippen molar-refractivity contribution in [3.8, 4) is 0 Å². The molecule has 0 unspecified atom stereocenters. The molecular formula is C10H10ClF3N2O3. The molecule has 0 bridgehead atoms. The third-order valence-corrected chi connectivity index (χ3v) is 2.38. The minimum absolute atomic E-state index is 0.115. The Morgan fingerprint density at radius 3 is 2.42 bits per heavy atom. The van der Waals surface area contributed by atoms with Crippen molar-refractivity contribution in [3.05, 3.63) is 23.0 Å². The number of amides is 1. The maximum Gasteiger partial charge on any atom is 0.406 e. The third kappa shape index (κ3) is 4.47. The van der Waals surface area contributed by atoms with E-state index in [-0.39, 0.29) is 15.6 Å². The second kappa shape index (κ2) is 5.52. The van der Waals surface area contributed by atoms with E-state index in [0.717, 1.165) is 0 Å². The Morgan fingerprint density at radius 2 is 2.05 bits per heavy atom. The molecule has 5 nitrogen and oxygen atoms in total. The molecule has 0 aliphatic rings. The summed E-state index contributed by atoms with van der Waals surface area (Å²) in [4.78, 5) is 22.6. The zero-order valence-electron chi connectivity index (χ0n) is 9.74. The lowest BCUT2D eigenvalue weighted by Gasteiger charge is -2.22. The number of carbonyl (C=O) groups excluding carboxylic acids is 1. The van der Waals surface area contributed by atoms with E-state index in [1.165, 1.54) is 23.9 Å². The van der Waals surface area contributed by atoms with Crippen LogP contribution in [0.5, 0.6) is 0 Å². The summed E-state index contributed by atoms with van der Waals surface area (Å²) in [5.41, 5.74) is -0.115. The Morgan fingerprint density at radius 1 is 1.47 bits per heavy atom. The largest absolute Gasteiger partial charge is 0.480 e. The summed E-state index contributed by atoms with van der Waals surface area (Å²) < 4.78 is 38.2. The lowest BCUT2D eigenvalue weighted by molar-refractivity contribution is -0.149. The van der Waals surface area contributed by atoms with Crippen molar-refractivity contribution in [1.29, 1.82) is 0 Å². The second-order valence-corrected chi connectivity index (χ2v) is 4.26. The highest BCUT2D eigenvalue weighted by Crippen LogP contribution is 2.20. The second-order valence-electron chi connectivity index (χ2n) is 3.82. The average molecular weight is 299 g/mol. The summed E-state index contributed by atoms with van der Waals surface area (Å²) in [6.45, 7) is -2.68. The molecule has 0 aliphatic heterocycles. The summed E-state index contributed by atoms with van der Waals surface area (Å²) in [6, 6.07) is 1.18. The lowest BCUT2D eigenvalue weighted by Crippen LogP contribution is -2.42. The number of aliphatic carboxylic acids is 1. The van der Waals surface area contributed by atoms with Crippen molar-refractivity contribution in [1.82, 2.24) is 9.47 Å². The standard InChI is InChI=1S/C10H10ClF3N2O3/c1-15-3-6(11)2-7(15)9(19)16(4-8(17)18)5-10(12,13)14/h2-3H,4-5H2,1H3,(H,17,18). The van der Waals surface area contributed by atoms with Gasteiger partial charge in [0, 0.05) is 13.2 Å². The van der Waals surface area contributed by atoms with Gasteiger partial charge in [0.05, 0.1) is 5.02 Å². The van der Waals surface area contributed by atoms with Crippen molar-refractivity contribution in [2.75, 3.05) is 13.1 Å². The van der Waals surface area contributed by atoms with Crippen LogP contribution in [0.25, 0.3) is 0 Å². The highest BCUT2D eigenvalue weighted by Gasteiger charge is 2.35. The number of halogens is 4. The van der Waals surface area contributed by atoms with Gasteiger partial charge in [-0.3, -0.25) is 9.59 Å². The van der Waals surface area contributed by atoms with Crippen LogP contribution in [0.4, 0.5) is 13.2 Å². The first-order valence-electron chi connectivity index (χ1n) is 5.00. The summed E-state index contributed by atoms with van der Waals surface area (Å²) >= 11 is 5.62. The van der Waals surface area contributed by atoms with E-state index in [9.17, 15) is 22.8 Å². The number of rotatable bonds is 4. The number of carbonyl (C=O) groups is 2. The average Bonchev–Trinajstić information content (AvgIpc) is 2.53. The van der Waals surface area contributed by atoms with Gasteiger partial charge in [0.2, 0.25) is 0 Å². The molecule has 1 N–H and O–H groups in total. The minimum atomic E-state index is -4.68. The van der Waals surface area contributed by atoms with Gasteiger partial charge in [-0.15, -0.1) is 0 Å². The van der Waals surface area contributed by atoms with Crippen LogP contribution in [0, 0.1) is 0 Å². The van der Waals surface area contributed by atoms with E-state index in [2.05, 4.69) is 0 Å². The van der Waals surface area contributed by atoms with Crippen LogP contribution in [0.15, 0.2) is 12.3 Å². The fraction of sp³-hybridized carbons (Fsp3) is 0.400. The van der Waals surface area contributed by atoms with Crippen LogP contribution < -0.4 is 0 Å². The number of hydrogen-bond acceptors (Lipinski definition) is 2. The highest BCUT2D eigenvalue weighted by molar-refractivity contribution is 6.31. The predicted molar refractivity (Wildman–Crippen MR) is 60.0 cm³/mol. The van der Waals surface area contributed by atoms with Gasteiger partial charge in [-0.25, -0.2) is 0 Å². The Hall–Kier alpha value is -1.70. The van der Waals surface area contributed by atoms with Gasteiger partial charge in [-0.2, -0.15) is 13.2 Å². The molecule has 9 heteroatoms. The normalized spacial score (nSPS) is 11.4. The van der Waals surface area contributed by atoms with Gasteiger partial charge in [0.1, 0.15) is 18.8 Å². The number of aromatic nitrogens is 1. The molecule has 0 spiro atoms. The van der Waals surface area contributed by atoms with E-state index in [4.69, 9.17) is 16.7 Å². The van der Waals surface area contributed by atoms with Crippen LogP contribution >= 0.6 is 11.6 Å². The molecule has 1 aromatic heterocycles. The predicted octanol–water partition coefficient (Wildman–Crippen LogP) is 1.77. The quantitative estimate of drug-likeness (QED) is 0.921. The number of hydrogen-bond donors (Lipinski definition) is 1. The molecule has 0 aromatic carbocycles. The van der Waals surface area contributed by atoms with Crippen molar-refractivity contribution in [3.63, 3.8) is 0 Å². The molecule has 1 aromatic rings. The molecule has 0 atom stereocenters. The summed E-state index contributed by atoms with van der Waals surface area (Å²) in [5, 5.41) is 8.73. The van der Waals surface area contributed by atoms with E-state index in [1.807, 2.05) is 0 Å². The van der Waals surface area contributed by atoms with Crippen LogP contribution in [0.2, 0.25) is 5.02 Å². The molecule has 0 radical (unpaired) electrons. The minimum Gasteiger partial charge on any atom is -0.480 e. The van der Waals surface area contributed by atoms with E-state index < -0.39 is 31.1 Å². The van der Waals surface area contributed by atoms with Gasteiger partial charge < -0.3 is 14.6 Å². The van der Waals surface area contributed by atoms with Crippen molar-refractivity contribution >= 4 is 23.5 Å². The molecule has 1 amide bonds. The number of aryl methyl sites for hydroxylation is 1. The number of carboxylic acid groups (broad SMARTS) is 1. The molecular weight excluding hydrogens is 289 g/mol. The van der Waals surface area contributed by atoms with Crippen molar-refractivity contribution in [2.24, 2.45) is 7.05 Å². The van der Waals surface area contributed by atoms with E-state index in [0.29, 0.717) is 0 Å². The molecule has 106 valence electrons. The fourth-order valence-electron chi connectivity index (χ4n) is 1.48. The summed E-state index contributed by atoms with van der Waals surface area (Å²) in [5.74, 6) is -2.58. The SMILES string of the molecule is Cn1cc(Cl)cc1C(=O)N(CC(=O)O)CC(F)(F)F. The van der Waals surface area contributed by atoms with Gasteiger partial charge in [-0.1, -0.05) is 11.6 Å². The number of alkyl halides is 3. The Bertz CT molecular complexity index is 499. The van der Waals surface area contributed by atoms with Gasteiger partial charge in [0.25, 0.3) is 5.91 Å². The smallest absolute Gasteiger partial charge is 0.406 e. The molecule has 0 fully saturated rings. The maximum absolute atomic E-state index is 12.3. The molecule has 0 aliphatic carbocycles. The molecule has 0 saturated carbocycles. The van der Waals surface area contributed by atoms with Gasteiger partial charge in [0.15, 0.2) is 0 Å². The monoisotopic (exact) mass is 298 g/mol. The summed E-state index contributed by atoms with van der Waals surface area (Å²) in [6.07, 6.45) is -3.35. The van der Waals surface area contributed by atoms with Crippen LogP contribution in [-0.4, -0.2) is 45.7 Å². The van der Waals surface area contributed by atoms with E-state index in [1.54, 1.807) is 0 Å².